The van der Waals surface area contributed by atoms with Crippen LogP contribution in [-0.4, -0.2) is 16.0 Å². The molecule has 0 saturated carbocycles. The van der Waals surface area contributed by atoms with Crippen LogP contribution in [0.2, 0.25) is 0 Å². The standard InChI is InChI=1S/C16H12BrNO2S2/c1-10-6-7-21-13(10)8-14-15(19)18(16(20)22-14)9-11-4-2-3-5-12(11)17/h2-8H,9H2,1H3/b14-8-. The zero-order chi connectivity index (χ0) is 15.7. The Labute approximate surface area is 145 Å². The summed E-state index contributed by atoms with van der Waals surface area (Å²) in [4.78, 5) is 27.4. The van der Waals surface area contributed by atoms with E-state index in [1.54, 1.807) is 11.3 Å². The second kappa shape index (κ2) is 6.40. The molecule has 22 heavy (non-hydrogen) atoms. The minimum atomic E-state index is -0.224. The first-order valence-corrected chi connectivity index (χ1v) is 9.08. The van der Waals surface area contributed by atoms with Crippen molar-refractivity contribution in [1.29, 1.82) is 0 Å². The number of aryl methyl sites for hydroxylation is 1. The molecule has 3 nitrogen and oxygen atoms in total. The van der Waals surface area contributed by atoms with Gasteiger partial charge in [-0.05, 0) is 53.4 Å². The summed E-state index contributed by atoms with van der Waals surface area (Å²) in [5.74, 6) is -0.224. The molecular weight excluding hydrogens is 382 g/mol. The molecule has 0 N–H and O–H groups in total. The van der Waals surface area contributed by atoms with Crippen LogP contribution in [0.25, 0.3) is 6.08 Å². The van der Waals surface area contributed by atoms with Crippen molar-refractivity contribution in [2.24, 2.45) is 0 Å². The lowest BCUT2D eigenvalue weighted by Crippen LogP contribution is -2.27. The summed E-state index contributed by atoms with van der Waals surface area (Å²) < 4.78 is 0.895. The van der Waals surface area contributed by atoms with E-state index in [2.05, 4.69) is 15.9 Å². The van der Waals surface area contributed by atoms with Crippen LogP contribution in [0.15, 0.2) is 45.1 Å². The molecule has 1 fully saturated rings. The van der Waals surface area contributed by atoms with Crippen LogP contribution in [0.3, 0.4) is 0 Å². The normalized spacial score (nSPS) is 16.8. The third-order valence-electron chi connectivity index (χ3n) is 3.32. The van der Waals surface area contributed by atoms with E-state index in [9.17, 15) is 9.59 Å². The molecule has 0 aliphatic carbocycles. The van der Waals surface area contributed by atoms with Gasteiger partial charge in [-0.25, -0.2) is 0 Å². The summed E-state index contributed by atoms with van der Waals surface area (Å²) in [5.41, 5.74) is 2.03. The first-order chi connectivity index (χ1) is 10.6. The van der Waals surface area contributed by atoms with Crippen LogP contribution >= 0.6 is 39.0 Å². The van der Waals surface area contributed by atoms with Crippen molar-refractivity contribution in [3.05, 3.63) is 61.1 Å². The highest BCUT2D eigenvalue weighted by molar-refractivity contribution is 9.10. The highest BCUT2D eigenvalue weighted by Crippen LogP contribution is 2.35. The lowest BCUT2D eigenvalue weighted by Gasteiger charge is -2.13. The van der Waals surface area contributed by atoms with Crippen molar-refractivity contribution in [3.63, 3.8) is 0 Å². The number of amides is 2. The molecule has 0 bridgehead atoms. The predicted octanol–water partition coefficient (Wildman–Crippen LogP) is 5.06. The zero-order valence-corrected chi connectivity index (χ0v) is 14.9. The number of hydrogen-bond donors (Lipinski definition) is 0. The van der Waals surface area contributed by atoms with Crippen molar-refractivity contribution in [2.45, 2.75) is 13.5 Å². The van der Waals surface area contributed by atoms with Gasteiger partial charge < -0.3 is 0 Å². The van der Waals surface area contributed by atoms with Gasteiger partial charge in [0, 0.05) is 9.35 Å². The minimum Gasteiger partial charge on any atom is -0.268 e. The van der Waals surface area contributed by atoms with Gasteiger partial charge in [-0.1, -0.05) is 34.1 Å². The van der Waals surface area contributed by atoms with Crippen LogP contribution in [0.4, 0.5) is 4.79 Å². The van der Waals surface area contributed by atoms with Crippen LogP contribution in [0.5, 0.6) is 0 Å². The number of benzene rings is 1. The summed E-state index contributed by atoms with van der Waals surface area (Å²) in [6.45, 7) is 2.28. The Hall–Kier alpha value is -1.37. The molecule has 1 saturated heterocycles. The molecular formula is C16H12BrNO2S2. The van der Waals surface area contributed by atoms with Gasteiger partial charge in [-0.15, -0.1) is 11.3 Å². The van der Waals surface area contributed by atoms with Gasteiger partial charge in [-0.3, -0.25) is 14.5 Å². The van der Waals surface area contributed by atoms with Gasteiger partial charge in [0.1, 0.15) is 0 Å². The zero-order valence-electron chi connectivity index (χ0n) is 11.7. The van der Waals surface area contributed by atoms with Crippen molar-refractivity contribution in [3.8, 4) is 0 Å². The highest BCUT2D eigenvalue weighted by atomic mass is 79.9. The van der Waals surface area contributed by atoms with Crippen molar-refractivity contribution in [1.82, 2.24) is 4.90 Å². The van der Waals surface area contributed by atoms with Gasteiger partial charge in [-0.2, -0.15) is 0 Å². The molecule has 6 heteroatoms. The number of halogens is 1. The van der Waals surface area contributed by atoms with E-state index in [4.69, 9.17) is 0 Å². The molecule has 0 spiro atoms. The van der Waals surface area contributed by atoms with E-state index in [1.165, 1.54) is 4.90 Å². The van der Waals surface area contributed by atoms with E-state index < -0.39 is 0 Å². The maximum atomic E-state index is 12.5. The molecule has 1 aliphatic heterocycles. The summed E-state index contributed by atoms with van der Waals surface area (Å²) >= 11 is 6.02. The molecule has 3 rings (SSSR count). The van der Waals surface area contributed by atoms with E-state index >= 15 is 0 Å². The van der Waals surface area contributed by atoms with E-state index in [0.717, 1.165) is 32.2 Å². The number of carbonyl (C=O) groups is 2. The van der Waals surface area contributed by atoms with E-state index in [0.29, 0.717) is 4.91 Å². The molecule has 1 aliphatic rings. The largest absolute Gasteiger partial charge is 0.293 e. The summed E-state index contributed by atoms with van der Waals surface area (Å²) in [5, 5.41) is 1.76. The fourth-order valence-corrected chi connectivity index (χ4v) is 4.25. The highest BCUT2D eigenvalue weighted by Gasteiger charge is 2.35. The first kappa shape index (κ1) is 15.5. The molecule has 112 valence electrons. The summed E-state index contributed by atoms with van der Waals surface area (Å²) in [6, 6.07) is 9.60. The molecule has 0 radical (unpaired) electrons. The van der Waals surface area contributed by atoms with Crippen LogP contribution in [0, 0.1) is 6.92 Å². The summed E-state index contributed by atoms with van der Waals surface area (Å²) in [7, 11) is 0. The number of nitrogens with zero attached hydrogens (tertiary/aromatic N) is 1. The molecule has 0 atom stereocenters. The average Bonchev–Trinajstić information content (AvgIpc) is 3.00. The predicted molar refractivity (Wildman–Crippen MR) is 94.7 cm³/mol. The second-order valence-electron chi connectivity index (χ2n) is 4.83. The SMILES string of the molecule is Cc1ccsc1/C=C1\SC(=O)N(Cc2ccccc2Br)C1=O. The van der Waals surface area contributed by atoms with E-state index in [-0.39, 0.29) is 17.7 Å². The van der Waals surface area contributed by atoms with Gasteiger partial charge in [0.25, 0.3) is 11.1 Å². The smallest absolute Gasteiger partial charge is 0.268 e. The van der Waals surface area contributed by atoms with Gasteiger partial charge >= 0.3 is 0 Å². The molecule has 1 aromatic heterocycles. The average molecular weight is 394 g/mol. The number of hydrogen-bond acceptors (Lipinski definition) is 4. The Kier molecular flexibility index (Phi) is 4.52. The maximum absolute atomic E-state index is 12.5. The lowest BCUT2D eigenvalue weighted by atomic mass is 10.2. The maximum Gasteiger partial charge on any atom is 0.293 e. The monoisotopic (exact) mass is 393 g/mol. The van der Waals surface area contributed by atoms with E-state index in [1.807, 2.05) is 48.7 Å². The number of thioether (sulfide) groups is 1. The van der Waals surface area contributed by atoms with Crippen LogP contribution in [-0.2, 0) is 11.3 Å². The van der Waals surface area contributed by atoms with Crippen molar-refractivity contribution >= 4 is 56.3 Å². The topological polar surface area (TPSA) is 37.4 Å². The molecule has 2 amide bonds. The quantitative estimate of drug-likeness (QED) is 0.684. The van der Waals surface area contributed by atoms with Crippen LogP contribution in [0.1, 0.15) is 16.0 Å². The Morgan fingerprint density at radius 3 is 2.68 bits per heavy atom. The number of thiophene rings is 1. The third-order valence-corrected chi connectivity index (χ3v) is 5.97. The van der Waals surface area contributed by atoms with Gasteiger partial charge in [0.2, 0.25) is 0 Å². The number of imide groups is 1. The first-order valence-electron chi connectivity index (χ1n) is 6.59. The number of rotatable bonds is 3. The van der Waals surface area contributed by atoms with Gasteiger partial charge in [0.05, 0.1) is 11.4 Å². The Morgan fingerprint density at radius 1 is 1.23 bits per heavy atom. The van der Waals surface area contributed by atoms with Crippen LogP contribution < -0.4 is 0 Å². The minimum absolute atomic E-state index is 0.221. The van der Waals surface area contributed by atoms with Crippen molar-refractivity contribution in [2.75, 3.05) is 0 Å². The fourth-order valence-electron chi connectivity index (χ4n) is 2.08. The Morgan fingerprint density at radius 2 is 2.00 bits per heavy atom. The second-order valence-corrected chi connectivity index (χ2v) is 7.62. The van der Waals surface area contributed by atoms with Crippen molar-refractivity contribution < 1.29 is 9.59 Å². The number of carbonyl (C=O) groups excluding carboxylic acids is 2. The third kappa shape index (κ3) is 3.04. The fraction of sp³-hybridized carbons (Fsp3) is 0.125. The lowest BCUT2D eigenvalue weighted by molar-refractivity contribution is -0.123. The molecule has 0 unspecified atom stereocenters. The molecule has 1 aromatic carbocycles. The molecule has 2 heterocycles. The summed E-state index contributed by atoms with van der Waals surface area (Å²) in [6.07, 6.45) is 1.81. The molecule has 2 aromatic rings. The Balaban J connectivity index is 1.85. The Bertz CT molecular complexity index is 782. The van der Waals surface area contributed by atoms with Gasteiger partial charge in [0.15, 0.2) is 0 Å².